The van der Waals surface area contributed by atoms with Gasteiger partial charge in [0.15, 0.2) is 5.11 Å². The average molecular weight is 451 g/mol. The van der Waals surface area contributed by atoms with Crippen LogP contribution >= 0.6 is 28.1 Å². The molecule has 0 aliphatic heterocycles. The van der Waals surface area contributed by atoms with Crippen LogP contribution in [0.25, 0.3) is 0 Å². The molecule has 144 valence electrons. The summed E-state index contributed by atoms with van der Waals surface area (Å²) < 4.78 is 12.1. The lowest BCUT2D eigenvalue weighted by atomic mass is 10.2. The molecule has 0 saturated heterocycles. The van der Waals surface area contributed by atoms with Gasteiger partial charge in [0, 0.05) is 5.56 Å². The maximum atomic E-state index is 12.5. The van der Waals surface area contributed by atoms with Crippen LogP contribution in [0.4, 0.5) is 5.69 Å². The van der Waals surface area contributed by atoms with Gasteiger partial charge in [0.25, 0.3) is 5.91 Å². The molecule has 0 saturated carbocycles. The molecule has 5 nitrogen and oxygen atoms in total. The van der Waals surface area contributed by atoms with Crippen LogP contribution in [-0.4, -0.2) is 23.2 Å². The molecule has 0 radical (unpaired) electrons. The Morgan fingerprint density at radius 2 is 1.63 bits per heavy atom. The highest BCUT2D eigenvalue weighted by Crippen LogP contribution is 2.27. The van der Waals surface area contributed by atoms with Crippen LogP contribution in [0.1, 0.15) is 38.1 Å². The zero-order chi connectivity index (χ0) is 20.0. The standard InChI is InChI=1S/C20H23BrN2O3S/c1-12(2)25-17-10-9-14(11-15(17)21)19(24)23-20(27)22-16-7-5-6-8-18(16)26-13(3)4/h5-13H,1-4H3,(H2,22,23,24,27). The van der Waals surface area contributed by atoms with Gasteiger partial charge >= 0.3 is 0 Å². The quantitative estimate of drug-likeness (QED) is 0.595. The zero-order valence-corrected chi connectivity index (χ0v) is 18.1. The Morgan fingerprint density at radius 1 is 1.00 bits per heavy atom. The van der Waals surface area contributed by atoms with E-state index in [1.807, 2.05) is 52.0 Å². The molecule has 1 amide bonds. The molecule has 0 fully saturated rings. The summed E-state index contributed by atoms with van der Waals surface area (Å²) in [6, 6.07) is 12.6. The number of halogens is 1. The molecular weight excluding hydrogens is 428 g/mol. The van der Waals surface area contributed by atoms with Crippen molar-refractivity contribution in [3.8, 4) is 11.5 Å². The van der Waals surface area contributed by atoms with E-state index in [-0.39, 0.29) is 23.2 Å². The summed E-state index contributed by atoms with van der Waals surface area (Å²) in [5, 5.41) is 5.88. The van der Waals surface area contributed by atoms with Gasteiger partial charge in [-0.15, -0.1) is 0 Å². The minimum Gasteiger partial charge on any atom is -0.490 e. The van der Waals surface area contributed by atoms with Gasteiger partial charge in [-0.3, -0.25) is 10.1 Å². The second-order valence-electron chi connectivity index (χ2n) is 6.38. The summed E-state index contributed by atoms with van der Waals surface area (Å²) in [6.07, 6.45) is 0.0749. The van der Waals surface area contributed by atoms with Crippen molar-refractivity contribution in [3.63, 3.8) is 0 Å². The van der Waals surface area contributed by atoms with Crippen LogP contribution in [0.15, 0.2) is 46.9 Å². The van der Waals surface area contributed by atoms with E-state index in [9.17, 15) is 4.79 Å². The fourth-order valence-corrected chi connectivity index (χ4v) is 2.92. The van der Waals surface area contributed by atoms with Crippen LogP contribution in [0.3, 0.4) is 0 Å². The summed E-state index contributed by atoms with van der Waals surface area (Å²) in [5.74, 6) is 1.04. The third kappa shape index (κ3) is 6.52. The van der Waals surface area contributed by atoms with Crippen LogP contribution in [-0.2, 0) is 0 Å². The van der Waals surface area contributed by atoms with Gasteiger partial charge in [-0.25, -0.2) is 0 Å². The van der Waals surface area contributed by atoms with E-state index in [0.717, 1.165) is 0 Å². The topological polar surface area (TPSA) is 59.6 Å². The predicted octanol–water partition coefficient (Wildman–Crippen LogP) is 5.15. The van der Waals surface area contributed by atoms with Crippen molar-refractivity contribution in [2.45, 2.75) is 39.9 Å². The third-order valence-corrected chi connectivity index (χ3v) is 4.11. The number of para-hydroxylation sites is 2. The molecule has 2 aromatic rings. The molecular formula is C20H23BrN2O3S. The van der Waals surface area contributed by atoms with Gasteiger partial charge in [0.1, 0.15) is 11.5 Å². The molecule has 2 rings (SSSR count). The summed E-state index contributed by atoms with van der Waals surface area (Å²) in [7, 11) is 0. The minimum atomic E-state index is -0.313. The lowest BCUT2D eigenvalue weighted by molar-refractivity contribution is 0.0977. The largest absolute Gasteiger partial charge is 0.490 e. The number of carbonyl (C=O) groups excluding carboxylic acids is 1. The number of hydrogen-bond acceptors (Lipinski definition) is 4. The van der Waals surface area contributed by atoms with Crippen molar-refractivity contribution in [2.24, 2.45) is 0 Å². The number of ether oxygens (including phenoxy) is 2. The Balaban J connectivity index is 2.04. The summed E-state index contributed by atoms with van der Waals surface area (Å²) in [5.41, 5.74) is 1.16. The normalized spacial score (nSPS) is 10.6. The van der Waals surface area contributed by atoms with Crippen molar-refractivity contribution >= 4 is 44.9 Å². The molecule has 0 atom stereocenters. The second-order valence-corrected chi connectivity index (χ2v) is 7.65. The monoisotopic (exact) mass is 450 g/mol. The summed E-state index contributed by atoms with van der Waals surface area (Å²) in [6.45, 7) is 7.78. The van der Waals surface area contributed by atoms with E-state index >= 15 is 0 Å². The van der Waals surface area contributed by atoms with Crippen molar-refractivity contribution in [1.82, 2.24) is 5.32 Å². The molecule has 0 aliphatic carbocycles. The second kappa shape index (κ2) is 9.71. The van der Waals surface area contributed by atoms with Crippen molar-refractivity contribution in [3.05, 3.63) is 52.5 Å². The zero-order valence-electron chi connectivity index (χ0n) is 15.7. The molecule has 2 aromatic carbocycles. The number of thiocarbonyl (C=S) groups is 1. The highest BCUT2D eigenvalue weighted by molar-refractivity contribution is 9.10. The summed E-state index contributed by atoms with van der Waals surface area (Å²) in [4.78, 5) is 12.5. The van der Waals surface area contributed by atoms with Gasteiger partial charge in [-0.05, 0) is 86.2 Å². The fraction of sp³-hybridized carbons (Fsp3) is 0.300. The van der Waals surface area contributed by atoms with E-state index in [2.05, 4.69) is 26.6 Å². The first-order valence-electron chi connectivity index (χ1n) is 8.60. The molecule has 7 heteroatoms. The first kappa shape index (κ1) is 21.2. The molecule has 2 N–H and O–H groups in total. The Labute approximate surface area is 173 Å². The maximum Gasteiger partial charge on any atom is 0.257 e. The first-order valence-corrected chi connectivity index (χ1v) is 9.80. The number of rotatable bonds is 6. The molecule has 0 unspecified atom stereocenters. The minimum absolute atomic E-state index is 0.0278. The Bertz CT molecular complexity index is 825. The molecule has 0 bridgehead atoms. The molecule has 0 aromatic heterocycles. The summed E-state index contributed by atoms with van der Waals surface area (Å²) >= 11 is 8.69. The van der Waals surface area contributed by atoms with Gasteiger partial charge in [-0.1, -0.05) is 12.1 Å². The van der Waals surface area contributed by atoms with Gasteiger partial charge < -0.3 is 14.8 Å². The maximum absolute atomic E-state index is 12.5. The number of benzene rings is 2. The van der Waals surface area contributed by atoms with E-state index in [1.165, 1.54) is 0 Å². The molecule has 0 aliphatic rings. The Kier molecular flexibility index (Phi) is 7.62. The number of hydrogen-bond donors (Lipinski definition) is 2. The lowest BCUT2D eigenvalue weighted by Crippen LogP contribution is -2.34. The van der Waals surface area contributed by atoms with Crippen LogP contribution < -0.4 is 20.1 Å². The van der Waals surface area contributed by atoms with E-state index in [1.54, 1.807) is 18.2 Å². The Hall–Kier alpha value is -2.12. The Morgan fingerprint density at radius 3 is 2.26 bits per heavy atom. The number of amides is 1. The highest BCUT2D eigenvalue weighted by Gasteiger charge is 2.13. The van der Waals surface area contributed by atoms with Crippen LogP contribution in [0.2, 0.25) is 0 Å². The van der Waals surface area contributed by atoms with Crippen molar-refractivity contribution in [2.75, 3.05) is 5.32 Å². The van der Waals surface area contributed by atoms with E-state index in [0.29, 0.717) is 27.2 Å². The van der Waals surface area contributed by atoms with E-state index in [4.69, 9.17) is 21.7 Å². The smallest absolute Gasteiger partial charge is 0.257 e. The van der Waals surface area contributed by atoms with Crippen molar-refractivity contribution in [1.29, 1.82) is 0 Å². The highest BCUT2D eigenvalue weighted by atomic mass is 79.9. The predicted molar refractivity (Wildman–Crippen MR) is 116 cm³/mol. The van der Waals surface area contributed by atoms with Gasteiger partial charge in [0.05, 0.1) is 22.4 Å². The van der Waals surface area contributed by atoms with Crippen molar-refractivity contribution < 1.29 is 14.3 Å². The van der Waals surface area contributed by atoms with Gasteiger partial charge in [0.2, 0.25) is 0 Å². The molecule has 0 heterocycles. The number of nitrogens with one attached hydrogen (secondary N) is 2. The molecule has 27 heavy (non-hydrogen) atoms. The third-order valence-electron chi connectivity index (χ3n) is 3.28. The number of carbonyl (C=O) groups is 1. The number of anilines is 1. The van der Waals surface area contributed by atoms with Crippen LogP contribution in [0.5, 0.6) is 11.5 Å². The lowest BCUT2D eigenvalue weighted by Gasteiger charge is -2.16. The van der Waals surface area contributed by atoms with E-state index < -0.39 is 0 Å². The first-order chi connectivity index (χ1) is 12.8. The molecule has 0 spiro atoms. The average Bonchev–Trinajstić information content (AvgIpc) is 2.57. The fourth-order valence-electron chi connectivity index (χ4n) is 2.25. The SMILES string of the molecule is CC(C)Oc1ccc(C(=O)NC(=S)Nc2ccccc2OC(C)C)cc1Br. The van der Waals surface area contributed by atoms with Crippen LogP contribution in [0, 0.1) is 0 Å². The van der Waals surface area contributed by atoms with Gasteiger partial charge in [-0.2, -0.15) is 0 Å².